The number of hydrogen-bond acceptors (Lipinski definition) is 6. The molecule has 1 fully saturated rings. The molecule has 0 radical (unpaired) electrons. The average molecular weight is 363 g/mol. The molecular weight excluding hydrogens is 342 g/mol. The Labute approximate surface area is 157 Å². The zero-order chi connectivity index (χ0) is 18.6. The molecule has 1 amide bonds. The number of benzene rings is 1. The maximum absolute atomic E-state index is 12.9. The van der Waals surface area contributed by atoms with Gasteiger partial charge < -0.3 is 14.5 Å². The molecular formula is C20H21N5O2. The van der Waals surface area contributed by atoms with Crippen LogP contribution in [0.25, 0.3) is 11.2 Å². The van der Waals surface area contributed by atoms with Crippen molar-refractivity contribution in [3.05, 3.63) is 54.4 Å². The van der Waals surface area contributed by atoms with E-state index in [0.29, 0.717) is 30.0 Å². The molecule has 7 nitrogen and oxygen atoms in total. The molecule has 2 aromatic heterocycles. The Bertz CT molecular complexity index is 962. The third-order valence-electron chi connectivity index (χ3n) is 4.76. The first-order valence-corrected chi connectivity index (χ1v) is 9.01. The fraction of sp³-hybridized carbons (Fsp3) is 0.300. The van der Waals surface area contributed by atoms with Crippen molar-refractivity contribution in [2.24, 2.45) is 0 Å². The van der Waals surface area contributed by atoms with Crippen LogP contribution in [0, 0.1) is 0 Å². The van der Waals surface area contributed by atoms with Gasteiger partial charge >= 0.3 is 0 Å². The van der Waals surface area contributed by atoms with E-state index < -0.39 is 0 Å². The Morgan fingerprint density at radius 3 is 2.74 bits per heavy atom. The van der Waals surface area contributed by atoms with Crippen molar-refractivity contribution < 1.29 is 9.53 Å². The topological polar surface area (TPSA) is 71.5 Å². The molecule has 1 saturated heterocycles. The van der Waals surface area contributed by atoms with Crippen LogP contribution in [0.3, 0.4) is 0 Å². The summed E-state index contributed by atoms with van der Waals surface area (Å²) in [5, 5.41) is 0. The number of ether oxygens (including phenoxy) is 1. The Kier molecular flexibility index (Phi) is 4.82. The number of fused-ring (bicyclic) bond motifs is 1. The fourth-order valence-corrected chi connectivity index (χ4v) is 3.36. The number of methoxy groups -OCH3 is 1. The van der Waals surface area contributed by atoms with Gasteiger partial charge in [-0.3, -0.25) is 9.78 Å². The standard InChI is InChI=1S/C20H21N5O2/c1-27-17-6-3-2-5-15(17)20(26)25-12-4-11-24(13-14-25)18-8-7-16-19(23-18)22-10-9-21-16/h2-3,5-10H,4,11-14H2,1H3. The van der Waals surface area contributed by atoms with E-state index in [1.807, 2.05) is 41.3 Å². The summed E-state index contributed by atoms with van der Waals surface area (Å²) in [5.41, 5.74) is 2.03. The van der Waals surface area contributed by atoms with Crippen LogP contribution in [-0.2, 0) is 0 Å². The predicted octanol–water partition coefficient (Wildman–Crippen LogP) is 2.39. The number of nitrogens with zero attached hydrogens (tertiary/aromatic N) is 5. The second kappa shape index (κ2) is 7.57. The van der Waals surface area contributed by atoms with Crippen LogP contribution in [0.1, 0.15) is 16.8 Å². The number of hydrogen-bond donors (Lipinski definition) is 0. The molecule has 3 heterocycles. The number of anilines is 1. The van der Waals surface area contributed by atoms with Gasteiger partial charge in [0, 0.05) is 38.6 Å². The van der Waals surface area contributed by atoms with E-state index in [1.54, 1.807) is 19.5 Å². The molecule has 0 atom stereocenters. The second-order valence-corrected chi connectivity index (χ2v) is 6.40. The number of para-hydroxylation sites is 1. The lowest BCUT2D eigenvalue weighted by atomic mass is 10.1. The highest BCUT2D eigenvalue weighted by Crippen LogP contribution is 2.21. The SMILES string of the molecule is COc1ccccc1C(=O)N1CCCN(c2ccc3nccnc3n2)CC1. The molecule has 1 aliphatic heterocycles. The first kappa shape index (κ1) is 17.2. The maximum Gasteiger partial charge on any atom is 0.257 e. The van der Waals surface area contributed by atoms with Crippen molar-refractivity contribution in [3.63, 3.8) is 0 Å². The molecule has 0 saturated carbocycles. The van der Waals surface area contributed by atoms with Gasteiger partial charge in [0.05, 0.1) is 12.7 Å². The first-order valence-electron chi connectivity index (χ1n) is 9.01. The summed E-state index contributed by atoms with van der Waals surface area (Å²) >= 11 is 0. The summed E-state index contributed by atoms with van der Waals surface area (Å²) in [6.07, 6.45) is 4.19. The Hall–Kier alpha value is -3.22. The number of aromatic nitrogens is 3. The summed E-state index contributed by atoms with van der Waals surface area (Å²) in [5.74, 6) is 1.49. The van der Waals surface area contributed by atoms with Crippen LogP contribution in [0.15, 0.2) is 48.8 Å². The van der Waals surface area contributed by atoms with Crippen molar-refractivity contribution in [1.82, 2.24) is 19.9 Å². The second-order valence-electron chi connectivity index (χ2n) is 6.40. The molecule has 27 heavy (non-hydrogen) atoms. The van der Waals surface area contributed by atoms with Crippen LogP contribution in [0.2, 0.25) is 0 Å². The van der Waals surface area contributed by atoms with Gasteiger partial charge in [0.15, 0.2) is 5.65 Å². The molecule has 138 valence electrons. The Balaban J connectivity index is 1.50. The Morgan fingerprint density at radius 1 is 1.00 bits per heavy atom. The maximum atomic E-state index is 12.9. The third kappa shape index (κ3) is 3.53. The number of pyridine rings is 1. The summed E-state index contributed by atoms with van der Waals surface area (Å²) in [7, 11) is 1.59. The van der Waals surface area contributed by atoms with Gasteiger partial charge in [-0.1, -0.05) is 12.1 Å². The minimum Gasteiger partial charge on any atom is -0.496 e. The Morgan fingerprint density at radius 2 is 1.85 bits per heavy atom. The van der Waals surface area contributed by atoms with E-state index in [2.05, 4.69) is 19.9 Å². The molecule has 0 bridgehead atoms. The minimum absolute atomic E-state index is 0.00615. The summed E-state index contributed by atoms with van der Waals surface area (Å²) in [6.45, 7) is 2.91. The van der Waals surface area contributed by atoms with E-state index in [-0.39, 0.29) is 5.91 Å². The van der Waals surface area contributed by atoms with Crippen LogP contribution in [0.5, 0.6) is 5.75 Å². The van der Waals surface area contributed by atoms with Gasteiger partial charge in [-0.25, -0.2) is 9.97 Å². The van der Waals surface area contributed by atoms with Crippen LogP contribution >= 0.6 is 0 Å². The van der Waals surface area contributed by atoms with Gasteiger partial charge in [-0.05, 0) is 30.7 Å². The van der Waals surface area contributed by atoms with Gasteiger partial charge in [-0.2, -0.15) is 0 Å². The van der Waals surface area contributed by atoms with E-state index in [0.717, 1.165) is 30.8 Å². The van der Waals surface area contributed by atoms with E-state index in [9.17, 15) is 4.79 Å². The zero-order valence-electron chi connectivity index (χ0n) is 15.2. The monoisotopic (exact) mass is 363 g/mol. The number of amides is 1. The molecule has 0 unspecified atom stereocenters. The number of rotatable bonds is 3. The average Bonchev–Trinajstić information content (AvgIpc) is 2.99. The van der Waals surface area contributed by atoms with Crippen molar-refractivity contribution in [2.45, 2.75) is 6.42 Å². The van der Waals surface area contributed by atoms with Gasteiger partial charge in [-0.15, -0.1) is 0 Å². The smallest absolute Gasteiger partial charge is 0.257 e. The molecule has 0 aliphatic carbocycles. The lowest BCUT2D eigenvalue weighted by Gasteiger charge is -2.23. The minimum atomic E-state index is 0.00615. The number of carbonyl (C=O) groups is 1. The van der Waals surface area contributed by atoms with Crippen molar-refractivity contribution in [2.75, 3.05) is 38.2 Å². The predicted molar refractivity (Wildman–Crippen MR) is 103 cm³/mol. The summed E-state index contributed by atoms with van der Waals surface area (Å²) < 4.78 is 5.34. The lowest BCUT2D eigenvalue weighted by Crippen LogP contribution is -2.35. The molecule has 0 N–H and O–H groups in total. The van der Waals surface area contributed by atoms with Gasteiger partial charge in [0.25, 0.3) is 5.91 Å². The number of carbonyl (C=O) groups excluding carboxylic acids is 1. The fourth-order valence-electron chi connectivity index (χ4n) is 3.36. The molecule has 1 aliphatic rings. The normalized spacial score (nSPS) is 14.9. The van der Waals surface area contributed by atoms with E-state index >= 15 is 0 Å². The largest absolute Gasteiger partial charge is 0.496 e. The summed E-state index contributed by atoms with van der Waals surface area (Å²) in [6, 6.07) is 11.3. The highest BCUT2D eigenvalue weighted by atomic mass is 16.5. The highest BCUT2D eigenvalue weighted by Gasteiger charge is 2.23. The third-order valence-corrected chi connectivity index (χ3v) is 4.76. The van der Waals surface area contributed by atoms with E-state index in [1.165, 1.54) is 0 Å². The van der Waals surface area contributed by atoms with Crippen LogP contribution in [0.4, 0.5) is 5.82 Å². The molecule has 0 spiro atoms. The lowest BCUT2D eigenvalue weighted by molar-refractivity contribution is 0.0763. The molecule has 3 aromatic rings. The van der Waals surface area contributed by atoms with Crippen LogP contribution in [-0.4, -0.2) is 59.0 Å². The first-order chi connectivity index (χ1) is 13.3. The highest BCUT2D eigenvalue weighted by molar-refractivity contribution is 5.97. The van der Waals surface area contributed by atoms with Crippen molar-refractivity contribution in [3.8, 4) is 5.75 Å². The molecule has 7 heteroatoms. The van der Waals surface area contributed by atoms with Gasteiger partial charge in [0.1, 0.15) is 17.1 Å². The van der Waals surface area contributed by atoms with Crippen LogP contribution < -0.4 is 9.64 Å². The molecule has 4 rings (SSSR count). The molecule has 1 aromatic carbocycles. The van der Waals surface area contributed by atoms with Gasteiger partial charge in [0.2, 0.25) is 0 Å². The van der Waals surface area contributed by atoms with Crippen molar-refractivity contribution in [1.29, 1.82) is 0 Å². The zero-order valence-corrected chi connectivity index (χ0v) is 15.2. The quantitative estimate of drug-likeness (QED) is 0.712. The summed E-state index contributed by atoms with van der Waals surface area (Å²) in [4.78, 5) is 30.2. The van der Waals surface area contributed by atoms with E-state index in [4.69, 9.17) is 4.74 Å². The van der Waals surface area contributed by atoms with Crippen molar-refractivity contribution >= 4 is 22.9 Å².